The highest BCUT2D eigenvalue weighted by Gasteiger charge is 2.42. The van der Waals surface area contributed by atoms with Crippen LogP contribution >= 0.6 is 0 Å². The van der Waals surface area contributed by atoms with E-state index in [0.717, 1.165) is 36.8 Å². The smallest absolute Gasteiger partial charge is 0.339 e. The zero-order chi connectivity index (χ0) is 18.0. The molecule has 2 N–H and O–H groups in total. The van der Waals surface area contributed by atoms with E-state index in [1.165, 1.54) is 6.07 Å². The third-order valence-electron chi connectivity index (χ3n) is 5.08. The molecule has 1 heterocycles. The summed E-state index contributed by atoms with van der Waals surface area (Å²) in [6.07, 6.45) is 3.73. The second-order valence-electron chi connectivity index (χ2n) is 6.83. The highest BCUT2D eigenvalue weighted by molar-refractivity contribution is 5.89. The first-order valence-electron chi connectivity index (χ1n) is 8.60. The van der Waals surface area contributed by atoms with Crippen molar-refractivity contribution in [3.63, 3.8) is 0 Å². The molecule has 1 aliphatic carbocycles. The van der Waals surface area contributed by atoms with Crippen LogP contribution < -0.4 is 5.32 Å². The zero-order valence-corrected chi connectivity index (χ0v) is 14.6. The molecule has 0 bridgehead atoms. The fourth-order valence-corrected chi connectivity index (χ4v) is 3.75. The number of hydrogen-bond donors (Lipinski definition) is 2. The molecule has 1 saturated carbocycles. The lowest BCUT2D eigenvalue weighted by Crippen LogP contribution is -2.42. The van der Waals surface area contributed by atoms with Gasteiger partial charge < -0.3 is 14.8 Å². The molecule has 1 aliphatic rings. The Kier molecular flexibility index (Phi) is 4.66. The SMILES string of the molecule is Cc1cccc(C2(C(=O)NCc3cc(C(=O)O)c(C)o3)CCCC2)c1. The molecule has 0 spiro atoms. The molecule has 0 aliphatic heterocycles. The Bertz CT molecular complexity index is 800. The van der Waals surface area contributed by atoms with Crippen LogP contribution in [0.3, 0.4) is 0 Å². The monoisotopic (exact) mass is 341 g/mol. The van der Waals surface area contributed by atoms with E-state index < -0.39 is 11.4 Å². The fraction of sp³-hybridized carbons (Fsp3) is 0.400. The zero-order valence-electron chi connectivity index (χ0n) is 14.6. The van der Waals surface area contributed by atoms with Crippen molar-refractivity contribution in [1.29, 1.82) is 0 Å². The summed E-state index contributed by atoms with van der Waals surface area (Å²) in [5.74, 6) is -0.223. The van der Waals surface area contributed by atoms with Crippen LogP contribution in [0.15, 0.2) is 34.7 Å². The van der Waals surface area contributed by atoms with Crippen molar-refractivity contribution in [3.8, 4) is 0 Å². The Hall–Kier alpha value is -2.56. The predicted octanol–water partition coefficient (Wildman–Crippen LogP) is 3.72. The number of furan rings is 1. The van der Waals surface area contributed by atoms with Gasteiger partial charge in [-0.05, 0) is 38.3 Å². The summed E-state index contributed by atoms with van der Waals surface area (Å²) in [4.78, 5) is 24.1. The van der Waals surface area contributed by atoms with Gasteiger partial charge in [-0.3, -0.25) is 4.79 Å². The van der Waals surface area contributed by atoms with Gasteiger partial charge in [-0.15, -0.1) is 0 Å². The summed E-state index contributed by atoms with van der Waals surface area (Å²) in [6.45, 7) is 3.84. The van der Waals surface area contributed by atoms with Crippen LogP contribution in [0, 0.1) is 13.8 Å². The molecule has 1 fully saturated rings. The van der Waals surface area contributed by atoms with Crippen LogP contribution in [0.2, 0.25) is 0 Å². The van der Waals surface area contributed by atoms with Crippen molar-refractivity contribution in [2.24, 2.45) is 0 Å². The van der Waals surface area contributed by atoms with E-state index in [0.29, 0.717) is 11.5 Å². The highest BCUT2D eigenvalue weighted by Crippen LogP contribution is 2.41. The standard InChI is InChI=1S/C20H23NO4/c1-13-6-5-7-15(10-13)20(8-3-4-9-20)19(24)21-12-16-11-17(18(22)23)14(2)25-16/h5-7,10-11H,3-4,8-9,12H2,1-2H3,(H,21,24)(H,22,23). The molecule has 0 atom stereocenters. The molecule has 3 rings (SSSR count). The van der Waals surface area contributed by atoms with E-state index >= 15 is 0 Å². The average Bonchev–Trinajstić information content (AvgIpc) is 3.20. The molecule has 1 aromatic carbocycles. The number of rotatable bonds is 5. The number of hydrogen-bond acceptors (Lipinski definition) is 3. The molecule has 132 valence electrons. The van der Waals surface area contributed by atoms with E-state index in [1.54, 1.807) is 6.92 Å². The summed E-state index contributed by atoms with van der Waals surface area (Å²) >= 11 is 0. The number of benzene rings is 1. The minimum absolute atomic E-state index is 0.0125. The van der Waals surface area contributed by atoms with E-state index in [-0.39, 0.29) is 18.0 Å². The quantitative estimate of drug-likeness (QED) is 0.868. The molecule has 2 aromatic rings. The molecule has 5 nitrogen and oxygen atoms in total. The Morgan fingerprint density at radius 2 is 1.92 bits per heavy atom. The number of carboxylic acid groups (broad SMARTS) is 1. The van der Waals surface area contributed by atoms with Gasteiger partial charge in [-0.1, -0.05) is 42.7 Å². The van der Waals surface area contributed by atoms with Gasteiger partial charge in [0.05, 0.1) is 12.0 Å². The van der Waals surface area contributed by atoms with Crippen LogP contribution in [-0.4, -0.2) is 17.0 Å². The van der Waals surface area contributed by atoms with Crippen LogP contribution in [0.1, 0.15) is 58.7 Å². The minimum Gasteiger partial charge on any atom is -0.478 e. The van der Waals surface area contributed by atoms with Crippen molar-refractivity contribution < 1.29 is 19.1 Å². The molecule has 0 saturated heterocycles. The lowest BCUT2D eigenvalue weighted by molar-refractivity contribution is -0.126. The van der Waals surface area contributed by atoms with E-state index in [2.05, 4.69) is 11.4 Å². The summed E-state index contributed by atoms with van der Waals surface area (Å²) in [7, 11) is 0. The maximum atomic E-state index is 13.0. The first kappa shape index (κ1) is 17.3. The average molecular weight is 341 g/mol. The van der Waals surface area contributed by atoms with Crippen molar-refractivity contribution in [2.75, 3.05) is 0 Å². The van der Waals surface area contributed by atoms with Gasteiger partial charge >= 0.3 is 5.97 Å². The topological polar surface area (TPSA) is 79.5 Å². The lowest BCUT2D eigenvalue weighted by Gasteiger charge is -2.28. The van der Waals surface area contributed by atoms with E-state index in [1.807, 2.05) is 25.1 Å². The normalized spacial score (nSPS) is 15.9. The minimum atomic E-state index is -1.02. The van der Waals surface area contributed by atoms with Gasteiger partial charge in [0, 0.05) is 0 Å². The number of carbonyl (C=O) groups excluding carboxylic acids is 1. The number of aromatic carboxylic acids is 1. The van der Waals surface area contributed by atoms with Crippen molar-refractivity contribution in [1.82, 2.24) is 5.32 Å². The lowest BCUT2D eigenvalue weighted by atomic mass is 9.77. The second kappa shape index (κ2) is 6.75. The van der Waals surface area contributed by atoms with Gasteiger partial charge in [0.2, 0.25) is 5.91 Å². The molecule has 0 unspecified atom stereocenters. The van der Waals surface area contributed by atoms with Crippen LogP contribution in [0.25, 0.3) is 0 Å². The number of nitrogens with one attached hydrogen (secondary N) is 1. The Morgan fingerprint density at radius 3 is 2.52 bits per heavy atom. The summed E-state index contributed by atoms with van der Waals surface area (Å²) in [5, 5.41) is 12.1. The maximum Gasteiger partial charge on any atom is 0.339 e. The van der Waals surface area contributed by atoms with E-state index in [4.69, 9.17) is 9.52 Å². The molecule has 1 aromatic heterocycles. The Morgan fingerprint density at radius 1 is 1.20 bits per heavy atom. The van der Waals surface area contributed by atoms with Crippen molar-refractivity contribution >= 4 is 11.9 Å². The van der Waals surface area contributed by atoms with Crippen LogP contribution in [0.4, 0.5) is 0 Å². The molecule has 1 amide bonds. The number of carboxylic acids is 1. The predicted molar refractivity (Wildman–Crippen MR) is 93.6 cm³/mol. The van der Waals surface area contributed by atoms with Crippen molar-refractivity contribution in [3.05, 3.63) is 58.5 Å². The summed E-state index contributed by atoms with van der Waals surface area (Å²) < 4.78 is 5.45. The maximum absolute atomic E-state index is 13.0. The summed E-state index contributed by atoms with van der Waals surface area (Å²) in [5.41, 5.74) is 1.84. The third kappa shape index (κ3) is 3.31. The largest absolute Gasteiger partial charge is 0.478 e. The number of amides is 1. The molecular formula is C20H23NO4. The Labute approximate surface area is 147 Å². The van der Waals surface area contributed by atoms with E-state index in [9.17, 15) is 9.59 Å². The molecular weight excluding hydrogens is 318 g/mol. The van der Waals surface area contributed by atoms with Crippen LogP contribution in [-0.2, 0) is 16.8 Å². The van der Waals surface area contributed by atoms with Crippen molar-refractivity contribution in [2.45, 2.75) is 51.5 Å². The first-order valence-corrected chi connectivity index (χ1v) is 8.60. The number of aryl methyl sites for hydroxylation is 2. The molecule has 5 heteroatoms. The van der Waals surface area contributed by atoms with Crippen LogP contribution in [0.5, 0.6) is 0 Å². The van der Waals surface area contributed by atoms with Gasteiger partial charge in [0.1, 0.15) is 17.1 Å². The van der Waals surface area contributed by atoms with Gasteiger partial charge in [-0.2, -0.15) is 0 Å². The second-order valence-corrected chi connectivity index (χ2v) is 6.83. The van der Waals surface area contributed by atoms with Gasteiger partial charge in [-0.25, -0.2) is 4.79 Å². The van der Waals surface area contributed by atoms with Gasteiger partial charge in [0.25, 0.3) is 0 Å². The van der Waals surface area contributed by atoms with Gasteiger partial charge in [0.15, 0.2) is 0 Å². The highest BCUT2D eigenvalue weighted by atomic mass is 16.4. The third-order valence-corrected chi connectivity index (χ3v) is 5.08. The first-order chi connectivity index (χ1) is 11.9. The number of carbonyl (C=O) groups is 2. The fourth-order valence-electron chi connectivity index (χ4n) is 3.75. The Balaban J connectivity index is 1.78. The summed E-state index contributed by atoms with van der Waals surface area (Å²) in [6, 6.07) is 9.62. The molecule has 0 radical (unpaired) electrons. The molecule has 25 heavy (non-hydrogen) atoms.